The van der Waals surface area contributed by atoms with Gasteiger partial charge in [0.15, 0.2) is 11.5 Å². The number of aliphatic hydroxyl groups is 1. The van der Waals surface area contributed by atoms with Crippen LogP contribution in [0.5, 0.6) is 11.5 Å². The van der Waals surface area contributed by atoms with Gasteiger partial charge < -0.3 is 15.3 Å². The molecule has 0 saturated carbocycles. The molecule has 72 valence electrons. The van der Waals surface area contributed by atoms with E-state index in [1.54, 1.807) is 13.0 Å². The molecule has 13 heavy (non-hydrogen) atoms. The lowest BCUT2D eigenvalue weighted by atomic mass is 10.1. The molecular formula is C9H11ClO3. The van der Waals surface area contributed by atoms with Crippen molar-refractivity contribution in [3.63, 3.8) is 0 Å². The van der Waals surface area contributed by atoms with Gasteiger partial charge in [-0.25, -0.2) is 0 Å². The van der Waals surface area contributed by atoms with Gasteiger partial charge in [-0.05, 0) is 13.0 Å². The molecule has 1 aromatic rings. The Bertz CT molecular complexity index is 310. The van der Waals surface area contributed by atoms with E-state index in [-0.39, 0.29) is 22.9 Å². The van der Waals surface area contributed by atoms with Crippen LogP contribution in [0, 0.1) is 0 Å². The van der Waals surface area contributed by atoms with Crippen molar-refractivity contribution in [3.8, 4) is 11.5 Å². The summed E-state index contributed by atoms with van der Waals surface area (Å²) in [7, 11) is 0. The maximum atomic E-state index is 9.38. The summed E-state index contributed by atoms with van der Waals surface area (Å²) in [4.78, 5) is 0. The van der Waals surface area contributed by atoms with Crippen molar-refractivity contribution in [1.82, 2.24) is 0 Å². The number of phenols is 2. The van der Waals surface area contributed by atoms with Crippen molar-refractivity contribution in [2.75, 3.05) is 0 Å². The van der Waals surface area contributed by atoms with E-state index in [1.807, 2.05) is 0 Å². The summed E-state index contributed by atoms with van der Waals surface area (Å²) >= 11 is 5.55. The quantitative estimate of drug-likeness (QED) is 0.640. The van der Waals surface area contributed by atoms with Crippen LogP contribution in [0.3, 0.4) is 0 Å². The van der Waals surface area contributed by atoms with Crippen LogP contribution >= 0.6 is 11.6 Å². The third kappa shape index (κ3) is 2.26. The highest BCUT2D eigenvalue weighted by Gasteiger charge is 2.11. The standard InChI is InChI=1S/C9H11ClO3/c1-5(11)4-6-2-3-7(10)9(13)8(6)12/h2-3,5,11-13H,4H2,1H3. The topological polar surface area (TPSA) is 60.7 Å². The molecule has 0 saturated heterocycles. The maximum Gasteiger partial charge on any atom is 0.176 e. The zero-order valence-corrected chi connectivity index (χ0v) is 7.91. The second kappa shape index (κ2) is 3.85. The van der Waals surface area contributed by atoms with Crippen LogP contribution in [-0.2, 0) is 6.42 Å². The lowest BCUT2D eigenvalue weighted by Crippen LogP contribution is -2.04. The third-order valence-corrected chi connectivity index (χ3v) is 2.01. The van der Waals surface area contributed by atoms with E-state index in [2.05, 4.69) is 0 Å². The van der Waals surface area contributed by atoms with Crippen LogP contribution in [0.1, 0.15) is 12.5 Å². The van der Waals surface area contributed by atoms with E-state index in [0.29, 0.717) is 5.56 Å². The van der Waals surface area contributed by atoms with Crippen molar-refractivity contribution in [3.05, 3.63) is 22.7 Å². The number of rotatable bonds is 2. The van der Waals surface area contributed by atoms with Crippen molar-refractivity contribution in [1.29, 1.82) is 0 Å². The second-order valence-corrected chi connectivity index (χ2v) is 3.36. The Balaban J connectivity index is 3.04. The highest BCUT2D eigenvalue weighted by atomic mass is 35.5. The molecule has 0 aliphatic rings. The first-order chi connectivity index (χ1) is 6.02. The Kier molecular flexibility index (Phi) is 3.01. The van der Waals surface area contributed by atoms with Crippen molar-refractivity contribution in [2.24, 2.45) is 0 Å². The Morgan fingerprint density at radius 3 is 2.46 bits per heavy atom. The highest BCUT2D eigenvalue weighted by molar-refractivity contribution is 6.32. The smallest absolute Gasteiger partial charge is 0.176 e. The summed E-state index contributed by atoms with van der Waals surface area (Å²) in [6, 6.07) is 3.05. The van der Waals surface area contributed by atoms with Crippen LogP contribution in [0.2, 0.25) is 5.02 Å². The molecule has 0 amide bonds. The zero-order valence-electron chi connectivity index (χ0n) is 7.16. The Labute approximate surface area is 81.2 Å². The molecule has 3 nitrogen and oxygen atoms in total. The van der Waals surface area contributed by atoms with Gasteiger partial charge in [-0.2, -0.15) is 0 Å². The van der Waals surface area contributed by atoms with Crippen LogP contribution in [0.15, 0.2) is 12.1 Å². The second-order valence-electron chi connectivity index (χ2n) is 2.96. The molecule has 4 heteroatoms. The first-order valence-corrected chi connectivity index (χ1v) is 4.27. The summed E-state index contributed by atoms with van der Waals surface area (Å²) in [5, 5.41) is 27.8. The molecule has 0 bridgehead atoms. The van der Waals surface area contributed by atoms with Crippen molar-refractivity contribution in [2.45, 2.75) is 19.4 Å². The minimum atomic E-state index is -0.563. The average molecular weight is 203 g/mol. The molecule has 1 atom stereocenters. The highest BCUT2D eigenvalue weighted by Crippen LogP contribution is 2.36. The number of benzene rings is 1. The van der Waals surface area contributed by atoms with E-state index in [1.165, 1.54) is 6.07 Å². The molecule has 1 unspecified atom stereocenters. The Morgan fingerprint density at radius 2 is 1.92 bits per heavy atom. The number of hydrogen-bond acceptors (Lipinski definition) is 3. The predicted octanol–water partition coefficient (Wildman–Crippen LogP) is 1.67. The van der Waals surface area contributed by atoms with E-state index in [0.717, 1.165) is 0 Å². The van der Waals surface area contributed by atoms with Crippen LogP contribution in [0.4, 0.5) is 0 Å². The lowest BCUT2D eigenvalue weighted by Gasteiger charge is -2.08. The molecule has 0 spiro atoms. The van der Waals surface area contributed by atoms with E-state index >= 15 is 0 Å². The number of hydrogen-bond donors (Lipinski definition) is 3. The monoisotopic (exact) mass is 202 g/mol. The molecule has 0 aliphatic carbocycles. The summed E-state index contributed by atoms with van der Waals surface area (Å²) < 4.78 is 0. The van der Waals surface area contributed by atoms with Gasteiger partial charge in [-0.3, -0.25) is 0 Å². The van der Waals surface area contributed by atoms with E-state index in [9.17, 15) is 10.2 Å². The molecular weight excluding hydrogens is 192 g/mol. The van der Waals surface area contributed by atoms with Gasteiger partial charge in [0, 0.05) is 12.0 Å². The molecule has 1 rings (SSSR count). The zero-order chi connectivity index (χ0) is 10.0. The summed E-state index contributed by atoms with van der Waals surface area (Å²) in [5.74, 6) is -0.590. The molecule has 0 aliphatic heterocycles. The van der Waals surface area contributed by atoms with Crippen molar-refractivity contribution < 1.29 is 15.3 Å². The Hall–Kier alpha value is -0.930. The molecule has 0 heterocycles. The first kappa shape index (κ1) is 10.2. The normalized spacial score (nSPS) is 12.8. The van der Waals surface area contributed by atoms with Gasteiger partial charge in [-0.15, -0.1) is 0 Å². The fraction of sp³-hybridized carbons (Fsp3) is 0.333. The minimum Gasteiger partial charge on any atom is -0.504 e. The minimum absolute atomic E-state index is 0.104. The van der Waals surface area contributed by atoms with E-state index < -0.39 is 6.10 Å². The largest absolute Gasteiger partial charge is 0.504 e. The number of aromatic hydroxyl groups is 2. The van der Waals surface area contributed by atoms with Crippen LogP contribution < -0.4 is 0 Å². The number of aliphatic hydroxyl groups excluding tert-OH is 1. The predicted molar refractivity (Wildman–Crippen MR) is 50.2 cm³/mol. The Morgan fingerprint density at radius 1 is 1.31 bits per heavy atom. The third-order valence-electron chi connectivity index (χ3n) is 1.70. The fourth-order valence-electron chi connectivity index (χ4n) is 1.08. The molecule has 0 aromatic heterocycles. The summed E-state index contributed by atoms with van der Waals surface area (Å²) in [6.45, 7) is 1.60. The first-order valence-electron chi connectivity index (χ1n) is 3.89. The lowest BCUT2D eigenvalue weighted by molar-refractivity contribution is 0.194. The van der Waals surface area contributed by atoms with Gasteiger partial charge in [0.05, 0.1) is 11.1 Å². The SMILES string of the molecule is CC(O)Cc1ccc(Cl)c(O)c1O. The van der Waals surface area contributed by atoms with Gasteiger partial charge >= 0.3 is 0 Å². The molecule has 0 fully saturated rings. The van der Waals surface area contributed by atoms with Gasteiger partial charge in [0.2, 0.25) is 0 Å². The van der Waals surface area contributed by atoms with Gasteiger partial charge in [0.1, 0.15) is 0 Å². The maximum absolute atomic E-state index is 9.38. The molecule has 0 radical (unpaired) electrons. The van der Waals surface area contributed by atoms with Crippen molar-refractivity contribution >= 4 is 11.6 Å². The summed E-state index contributed by atoms with van der Waals surface area (Å²) in [5.41, 5.74) is 0.483. The number of phenolic OH excluding ortho intramolecular Hbond substituents is 2. The average Bonchev–Trinajstić information content (AvgIpc) is 2.06. The van der Waals surface area contributed by atoms with Crippen LogP contribution in [-0.4, -0.2) is 21.4 Å². The molecule has 1 aromatic carbocycles. The van der Waals surface area contributed by atoms with Gasteiger partial charge in [-0.1, -0.05) is 17.7 Å². The molecule has 3 N–H and O–H groups in total. The van der Waals surface area contributed by atoms with E-state index in [4.69, 9.17) is 16.7 Å². The van der Waals surface area contributed by atoms with Gasteiger partial charge in [0.25, 0.3) is 0 Å². The van der Waals surface area contributed by atoms with Crippen LogP contribution in [0.25, 0.3) is 0 Å². The summed E-state index contributed by atoms with van der Waals surface area (Å²) in [6.07, 6.45) is -0.275. The fourth-order valence-corrected chi connectivity index (χ4v) is 1.23. The number of halogens is 1.